The van der Waals surface area contributed by atoms with Gasteiger partial charge < -0.3 is 14.6 Å². The molecule has 3 rings (SSSR count). The molecule has 2 N–H and O–H groups in total. The predicted molar refractivity (Wildman–Crippen MR) is 89.6 cm³/mol. The van der Waals surface area contributed by atoms with Crippen LogP contribution >= 0.6 is 0 Å². The molecule has 124 valence electrons. The predicted octanol–water partition coefficient (Wildman–Crippen LogP) is 2.86. The van der Waals surface area contributed by atoms with Gasteiger partial charge in [0.25, 0.3) is 5.91 Å². The number of aryl methyl sites for hydroxylation is 1. The third-order valence-electron chi connectivity index (χ3n) is 3.71. The Labute approximate surface area is 139 Å². The van der Waals surface area contributed by atoms with Crippen LogP contribution in [0.5, 0.6) is 17.2 Å². The Kier molecular flexibility index (Phi) is 4.65. The highest BCUT2D eigenvalue weighted by Crippen LogP contribution is 2.32. The molecule has 0 unspecified atom stereocenters. The highest BCUT2D eigenvalue weighted by atomic mass is 16.7. The second kappa shape index (κ2) is 7.04. The van der Waals surface area contributed by atoms with Crippen LogP contribution in [0.25, 0.3) is 0 Å². The molecule has 0 atom stereocenters. The molecule has 0 aromatic heterocycles. The number of amides is 1. The molecule has 6 nitrogen and oxygen atoms in total. The van der Waals surface area contributed by atoms with Crippen LogP contribution in [0.3, 0.4) is 0 Å². The number of aromatic hydroxyl groups is 1. The Bertz CT molecular complexity index is 786. The second-order valence-corrected chi connectivity index (χ2v) is 5.49. The van der Waals surface area contributed by atoms with E-state index in [1.54, 1.807) is 18.2 Å². The molecule has 0 bridgehead atoms. The standard InChI is InChI=1S/C18H18N2O4/c1-12(19-20-18(22)14-4-2-3-5-15(14)21)6-7-13-8-9-16-17(10-13)24-11-23-16/h2-5,8-10,21H,6-7,11H2,1H3,(H,20,22). The Morgan fingerprint density at radius 3 is 2.83 bits per heavy atom. The van der Waals surface area contributed by atoms with E-state index in [0.29, 0.717) is 6.42 Å². The van der Waals surface area contributed by atoms with Crippen LogP contribution in [-0.2, 0) is 6.42 Å². The average molecular weight is 326 g/mol. The monoisotopic (exact) mass is 326 g/mol. The van der Waals surface area contributed by atoms with Crippen molar-refractivity contribution in [1.29, 1.82) is 0 Å². The number of carbonyl (C=O) groups is 1. The maximum Gasteiger partial charge on any atom is 0.275 e. The molecule has 0 saturated heterocycles. The maximum atomic E-state index is 12.0. The highest BCUT2D eigenvalue weighted by Gasteiger charge is 2.13. The van der Waals surface area contributed by atoms with Gasteiger partial charge in [-0.15, -0.1) is 0 Å². The normalized spacial score (nSPS) is 13.0. The number of fused-ring (bicyclic) bond motifs is 1. The van der Waals surface area contributed by atoms with Gasteiger partial charge in [0.1, 0.15) is 5.75 Å². The lowest BCUT2D eigenvalue weighted by molar-refractivity contribution is 0.0952. The summed E-state index contributed by atoms with van der Waals surface area (Å²) < 4.78 is 10.6. The van der Waals surface area contributed by atoms with Crippen molar-refractivity contribution in [2.24, 2.45) is 5.10 Å². The Morgan fingerprint density at radius 1 is 1.21 bits per heavy atom. The van der Waals surface area contributed by atoms with E-state index in [1.807, 2.05) is 25.1 Å². The molecule has 6 heteroatoms. The van der Waals surface area contributed by atoms with Gasteiger partial charge in [-0.25, -0.2) is 5.43 Å². The van der Waals surface area contributed by atoms with E-state index < -0.39 is 5.91 Å². The van der Waals surface area contributed by atoms with E-state index in [-0.39, 0.29) is 18.1 Å². The van der Waals surface area contributed by atoms with E-state index in [2.05, 4.69) is 10.5 Å². The van der Waals surface area contributed by atoms with Crippen molar-refractivity contribution in [3.63, 3.8) is 0 Å². The SMILES string of the molecule is CC(CCc1ccc2c(c1)OCO2)=NNC(=O)c1ccccc1O. The zero-order chi connectivity index (χ0) is 16.9. The fourth-order valence-corrected chi connectivity index (χ4v) is 2.35. The summed E-state index contributed by atoms with van der Waals surface area (Å²) in [5.41, 5.74) is 4.56. The van der Waals surface area contributed by atoms with Crippen LogP contribution in [0, 0.1) is 0 Å². The summed E-state index contributed by atoms with van der Waals surface area (Å²) in [6.45, 7) is 2.11. The molecule has 0 fully saturated rings. The first-order valence-corrected chi connectivity index (χ1v) is 7.63. The number of benzene rings is 2. The van der Waals surface area contributed by atoms with Crippen molar-refractivity contribution in [3.8, 4) is 17.2 Å². The average Bonchev–Trinajstić information content (AvgIpc) is 3.06. The van der Waals surface area contributed by atoms with Gasteiger partial charge >= 0.3 is 0 Å². The van der Waals surface area contributed by atoms with Gasteiger partial charge in [0.2, 0.25) is 6.79 Å². The molecule has 1 aliphatic heterocycles. The molecule has 0 aliphatic carbocycles. The molecule has 1 heterocycles. The zero-order valence-corrected chi connectivity index (χ0v) is 13.3. The van der Waals surface area contributed by atoms with Crippen LogP contribution in [0.2, 0.25) is 0 Å². The van der Waals surface area contributed by atoms with E-state index in [4.69, 9.17) is 9.47 Å². The summed E-state index contributed by atoms with van der Waals surface area (Å²) in [7, 11) is 0. The first-order valence-electron chi connectivity index (χ1n) is 7.63. The third-order valence-corrected chi connectivity index (χ3v) is 3.71. The maximum absolute atomic E-state index is 12.0. The summed E-state index contributed by atoms with van der Waals surface area (Å²) in [6, 6.07) is 12.2. The van der Waals surface area contributed by atoms with Gasteiger partial charge in [-0.05, 0) is 49.6 Å². The minimum Gasteiger partial charge on any atom is -0.507 e. The van der Waals surface area contributed by atoms with Gasteiger partial charge in [-0.3, -0.25) is 4.79 Å². The fraction of sp³-hybridized carbons (Fsp3) is 0.222. The fourth-order valence-electron chi connectivity index (χ4n) is 2.35. The number of rotatable bonds is 5. The lowest BCUT2D eigenvalue weighted by atomic mass is 10.1. The number of nitrogens with zero attached hydrogens (tertiary/aromatic N) is 1. The van der Waals surface area contributed by atoms with Crippen molar-refractivity contribution in [1.82, 2.24) is 5.43 Å². The lowest BCUT2D eigenvalue weighted by Gasteiger charge is -2.05. The molecular formula is C18H18N2O4. The van der Waals surface area contributed by atoms with E-state index >= 15 is 0 Å². The van der Waals surface area contributed by atoms with Gasteiger partial charge in [0.15, 0.2) is 11.5 Å². The van der Waals surface area contributed by atoms with E-state index in [0.717, 1.165) is 29.2 Å². The number of hydrogen-bond acceptors (Lipinski definition) is 5. The zero-order valence-electron chi connectivity index (χ0n) is 13.3. The Balaban J connectivity index is 1.55. The van der Waals surface area contributed by atoms with E-state index in [1.165, 1.54) is 6.07 Å². The van der Waals surface area contributed by atoms with Crippen molar-refractivity contribution in [3.05, 3.63) is 53.6 Å². The Hall–Kier alpha value is -3.02. The number of para-hydroxylation sites is 1. The van der Waals surface area contributed by atoms with Crippen LogP contribution < -0.4 is 14.9 Å². The minimum atomic E-state index is -0.435. The van der Waals surface area contributed by atoms with Crippen LogP contribution in [0.15, 0.2) is 47.6 Å². The molecular weight excluding hydrogens is 308 g/mol. The number of phenols is 1. The number of hydrazone groups is 1. The molecule has 0 saturated carbocycles. The summed E-state index contributed by atoms with van der Waals surface area (Å²) in [5.74, 6) is 1.02. The van der Waals surface area contributed by atoms with E-state index in [9.17, 15) is 9.90 Å². The lowest BCUT2D eigenvalue weighted by Crippen LogP contribution is -2.19. The first kappa shape index (κ1) is 15.9. The highest BCUT2D eigenvalue weighted by molar-refractivity contribution is 5.97. The van der Waals surface area contributed by atoms with Gasteiger partial charge in [-0.2, -0.15) is 5.10 Å². The number of phenolic OH excluding ortho intramolecular Hbond substituents is 1. The summed E-state index contributed by atoms with van der Waals surface area (Å²) in [6.07, 6.45) is 1.47. The van der Waals surface area contributed by atoms with Crippen molar-refractivity contribution in [2.75, 3.05) is 6.79 Å². The molecule has 24 heavy (non-hydrogen) atoms. The molecule has 0 spiro atoms. The smallest absolute Gasteiger partial charge is 0.275 e. The number of ether oxygens (including phenoxy) is 2. The molecule has 1 aliphatic rings. The Morgan fingerprint density at radius 2 is 2.00 bits per heavy atom. The van der Waals surface area contributed by atoms with Crippen LogP contribution in [0.1, 0.15) is 29.3 Å². The number of hydrogen-bond donors (Lipinski definition) is 2. The second-order valence-electron chi connectivity index (χ2n) is 5.49. The first-order chi connectivity index (χ1) is 11.6. The third kappa shape index (κ3) is 3.65. The van der Waals surface area contributed by atoms with Gasteiger partial charge in [0, 0.05) is 5.71 Å². The van der Waals surface area contributed by atoms with Crippen molar-refractivity contribution < 1.29 is 19.4 Å². The molecule has 2 aromatic rings. The molecule has 1 amide bonds. The van der Waals surface area contributed by atoms with Crippen molar-refractivity contribution in [2.45, 2.75) is 19.8 Å². The molecule has 0 radical (unpaired) electrons. The summed E-state index contributed by atoms with van der Waals surface area (Å²) >= 11 is 0. The van der Waals surface area contributed by atoms with Gasteiger partial charge in [-0.1, -0.05) is 18.2 Å². The summed E-state index contributed by atoms with van der Waals surface area (Å²) in [5, 5.41) is 13.7. The van der Waals surface area contributed by atoms with Crippen molar-refractivity contribution >= 4 is 11.6 Å². The minimum absolute atomic E-state index is 0.0665. The molecule has 2 aromatic carbocycles. The number of carbonyl (C=O) groups excluding carboxylic acids is 1. The van der Waals surface area contributed by atoms with Crippen LogP contribution in [-0.4, -0.2) is 23.5 Å². The van der Waals surface area contributed by atoms with Crippen LogP contribution in [0.4, 0.5) is 0 Å². The number of nitrogens with one attached hydrogen (secondary N) is 1. The van der Waals surface area contributed by atoms with Gasteiger partial charge in [0.05, 0.1) is 5.56 Å². The topological polar surface area (TPSA) is 80.2 Å². The largest absolute Gasteiger partial charge is 0.507 e. The quantitative estimate of drug-likeness (QED) is 0.654. The summed E-state index contributed by atoms with van der Waals surface area (Å²) in [4.78, 5) is 12.0.